The third-order valence-electron chi connectivity index (χ3n) is 2.53. The van der Waals surface area contributed by atoms with Gasteiger partial charge in [0, 0.05) is 12.1 Å². The van der Waals surface area contributed by atoms with Crippen LogP contribution >= 0.6 is 0 Å². The Balaban J connectivity index is 2.21. The maximum Gasteiger partial charge on any atom is 0.405 e. The number of non-ortho nitro benzene ring substituents is 1. The molecule has 0 radical (unpaired) electrons. The fourth-order valence-corrected chi connectivity index (χ4v) is 1.65. The summed E-state index contributed by atoms with van der Waals surface area (Å²) >= 11 is 0. The number of nitro groups is 1. The van der Waals surface area contributed by atoms with Crippen LogP contribution in [-0.2, 0) is 11.3 Å². The molecule has 104 valence electrons. The second kappa shape index (κ2) is 5.78. The average Bonchev–Trinajstić information content (AvgIpc) is 2.90. The molecular formula is C11H11N5O4. The number of nitrogens with zero attached hydrogens (tertiary/aromatic N) is 4. The van der Waals surface area contributed by atoms with Crippen LogP contribution in [0.25, 0.3) is 0 Å². The lowest BCUT2D eigenvalue weighted by Crippen LogP contribution is -2.22. The van der Waals surface area contributed by atoms with E-state index in [1.165, 1.54) is 41.5 Å². The zero-order valence-electron chi connectivity index (χ0n) is 10.2. The molecule has 1 aromatic heterocycles. The molecule has 0 saturated heterocycles. The molecule has 1 atom stereocenters. The van der Waals surface area contributed by atoms with Crippen molar-refractivity contribution in [2.75, 3.05) is 0 Å². The van der Waals surface area contributed by atoms with E-state index in [0.717, 1.165) is 0 Å². The number of benzene rings is 1. The summed E-state index contributed by atoms with van der Waals surface area (Å²) in [7, 11) is 0. The number of aromatic nitrogens is 3. The van der Waals surface area contributed by atoms with Crippen LogP contribution in [0, 0.1) is 10.1 Å². The summed E-state index contributed by atoms with van der Waals surface area (Å²) in [5.74, 6) is 0. The van der Waals surface area contributed by atoms with Crippen LogP contribution in [0.4, 0.5) is 10.5 Å². The summed E-state index contributed by atoms with van der Waals surface area (Å²) in [6, 6.07) is 5.64. The first-order valence-electron chi connectivity index (χ1n) is 5.61. The van der Waals surface area contributed by atoms with Crippen molar-refractivity contribution in [3.8, 4) is 0 Å². The lowest BCUT2D eigenvalue weighted by Gasteiger charge is -2.16. The molecule has 2 N–H and O–H groups in total. The highest BCUT2D eigenvalue weighted by Crippen LogP contribution is 2.22. The Kier molecular flexibility index (Phi) is 3.89. The van der Waals surface area contributed by atoms with Gasteiger partial charge in [-0.25, -0.2) is 4.79 Å². The Hall–Kier alpha value is -2.97. The number of amides is 1. The van der Waals surface area contributed by atoms with E-state index in [4.69, 9.17) is 10.5 Å². The van der Waals surface area contributed by atoms with Crippen molar-refractivity contribution in [2.45, 2.75) is 12.6 Å². The molecular weight excluding hydrogens is 266 g/mol. The van der Waals surface area contributed by atoms with Crippen molar-refractivity contribution in [2.24, 2.45) is 5.73 Å². The fraction of sp³-hybridized carbons (Fsp3) is 0.182. The molecule has 1 aromatic carbocycles. The van der Waals surface area contributed by atoms with Crippen molar-refractivity contribution in [1.82, 2.24) is 15.0 Å². The van der Waals surface area contributed by atoms with E-state index >= 15 is 0 Å². The normalized spacial score (nSPS) is 11.8. The third kappa shape index (κ3) is 3.28. The van der Waals surface area contributed by atoms with Crippen LogP contribution in [0.15, 0.2) is 36.7 Å². The first-order valence-corrected chi connectivity index (χ1v) is 5.61. The number of ether oxygens (including phenoxy) is 1. The minimum atomic E-state index is -0.944. The van der Waals surface area contributed by atoms with Crippen molar-refractivity contribution >= 4 is 11.8 Å². The van der Waals surface area contributed by atoms with E-state index in [2.05, 4.69) is 10.2 Å². The first-order chi connectivity index (χ1) is 9.56. The molecule has 20 heavy (non-hydrogen) atoms. The average molecular weight is 277 g/mol. The second-order valence-corrected chi connectivity index (χ2v) is 3.86. The molecule has 0 aliphatic carbocycles. The Morgan fingerprint density at radius 2 is 1.95 bits per heavy atom. The molecule has 1 amide bonds. The highest BCUT2D eigenvalue weighted by Gasteiger charge is 2.18. The van der Waals surface area contributed by atoms with Gasteiger partial charge in [0.05, 0.1) is 17.3 Å². The van der Waals surface area contributed by atoms with Crippen molar-refractivity contribution in [1.29, 1.82) is 0 Å². The molecule has 1 unspecified atom stereocenters. The molecule has 0 spiro atoms. The molecule has 9 heteroatoms. The minimum Gasteiger partial charge on any atom is -0.439 e. The molecule has 0 aliphatic rings. The van der Waals surface area contributed by atoms with Gasteiger partial charge in [0.1, 0.15) is 12.6 Å². The zero-order valence-corrected chi connectivity index (χ0v) is 10.2. The lowest BCUT2D eigenvalue weighted by atomic mass is 10.1. The van der Waals surface area contributed by atoms with Crippen molar-refractivity contribution < 1.29 is 14.5 Å². The summed E-state index contributed by atoms with van der Waals surface area (Å²) in [5.41, 5.74) is 5.53. The number of primary amides is 1. The van der Waals surface area contributed by atoms with Gasteiger partial charge in [-0.1, -0.05) is 0 Å². The van der Waals surface area contributed by atoms with Crippen LogP contribution in [0.1, 0.15) is 11.7 Å². The number of hydrogen-bond acceptors (Lipinski definition) is 6. The summed E-state index contributed by atoms with van der Waals surface area (Å²) in [6.45, 7) is 0.160. The van der Waals surface area contributed by atoms with Gasteiger partial charge in [-0.05, 0) is 17.7 Å². The number of carbonyl (C=O) groups is 1. The summed E-state index contributed by atoms with van der Waals surface area (Å²) in [5, 5.41) is 18.4. The standard InChI is InChI=1S/C11H11N5O4/c12-11(17)20-10(7-15-13-5-6-14-15)8-1-3-9(4-2-8)16(18)19/h1-6,10H,7H2,(H2,12,17). The molecule has 0 saturated carbocycles. The number of nitro benzene ring substituents is 1. The molecule has 1 heterocycles. The summed E-state index contributed by atoms with van der Waals surface area (Å²) in [6.07, 6.45) is 1.30. The van der Waals surface area contributed by atoms with E-state index in [-0.39, 0.29) is 12.2 Å². The highest BCUT2D eigenvalue weighted by atomic mass is 16.6. The monoisotopic (exact) mass is 277 g/mol. The first kappa shape index (κ1) is 13.5. The second-order valence-electron chi connectivity index (χ2n) is 3.86. The largest absolute Gasteiger partial charge is 0.439 e. The van der Waals surface area contributed by atoms with Gasteiger partial charge in [-0.2, -0.15) is 15.0 Å². The van der Waals surface area contributed by atoms with Crippen molar-refractivity contribution in [3.05, 3.63) is 52.3 Å². The fourth-order valence-electron chi connectivity index (χ4n) is 1.65. The molecule has 0 aliphatic heterocycles. The van der Waals surface area contributed by atoms with Gasteiger partial charge in [0.15, 0.2) is 0 Å². The molecule has 9 nitrogen and oxygen atoms in total. The number of nitrogens with two attached hydrogens (primary N) is 1. The van der Waals surface area contributed by atoms with E-state index in [1.54, 1.807) is 0 Å². The quantitative estimate of drug-likeness (QED) is 0.642. The SMILES string of the molecule is NC(=O)OC(Cn1nccn1)c1ccc([N+](=O)[O-])cc1. The Morgan fingerprint density at radius 3 is 2.45 bits per heavy atom. The van der Waals surface area contributed by atoms with E-state index in [9.17, 15) is 14.9 Å². The van der Waals surface area contributed by atoms with Crippen LogP contribution in [0.5, 0.6) is 0 Å². The highest BCUT2D eigenvalue weighted by molar-refractivity contribution is 5.65. The molecule has 2 aromatic rings. The van der Waals surface area contributed by atoms with E-state index < -0.39 is 17.1 Å². The van der Waals surface area contributed by atoms with Crippen LogP contribution in [0.2, 0.25) is 0 Å². The third-order valence-corrected chi connectivity index (χ3v) is 2.53. The van der Waals surface area contributed by atoms with E-state index in [0.29, 0.717) is 5.56 Å². The zero-order chi connectivity index (χ0) is 14.5. The Bertz CT molecular complexity index is 596. The maximum atomic E-state index is 10.9. The van der Waals surface area contributed by atoms with Gasteiger partial charge in [0.2, 0.25) is 0 Å². The minimum absolute atomic E-state index is 0.0520. The maximum absolute atomic E-state index is 10.9. The van der Waals surface area contributed by atoms with E-state index in [1.807, 2.05) is 0 Å². The van der Waals surface area contributed by atoms with Crippen LogP contribution < -0.4 is 5.73 Å². The number of rotatable bonds is 5. The van der Waals surface area contributed by atoms with Crippen LogP contribution in [-0.4, -0.2) is 26.0 Å². The topological polar surface area (TPSA) is 126 Å². The molecule has 0 fully saturated rings. The number of carbonyl (C=O) groups excluding carboxylic acids is 1. The predicted octanol–water partition coefficient (Wildman–Crippen LogP) is 1.02. The van der Waals surface area contributed by atoms with Gasteiger partial charge in [-0.15, -0.1) is 0 Å². The predicted molar refractivity (Wildman–Crippen MR) is 66.5 cm³/mol. The van der Waals surface area contributed by atoms with Gasteiger partial charge in [-0.3, -0.25) is 10.1 Å². The lowest BCUT2D eigenvalue weighted by molar-refractivity contribution is -0.384. The Labute approximate surface area is 113 Å². The Morgan fingerprint density at radius 1 is 1.35 bits per heavy atom. The van der Waals surface area contributed by atoms with Gasteiger partial charge < -0.3 is 10.5 Å². The smallest absolute Gasteiger partial charge is 0.405 e. The van der Waals surface area contributed by atoms with Gasteiger partial charge >= 0.3 is 6.09 Å². The number of hydrogen-bond donors (Lipinski definition) is 1. The van der Waals surface area contributed by atoms with Crippen molar-refractivity contribution in [3.63, 3.8) is 0 Å². The summed E-state index contributed by atoms with van der Waals surface area (Å²) < 4.78 is 4.98. The van der Waals surface area contributed by atoms with Crippen LogP contribution in [0.3, 0.4) is 0 Å². The van der Waals surface area contributed by atoms with Gasteiger partial charge in [0.25, 0.3) is 5.69 Å². The molecule has 2 rings (SSSR count). The molecule has 0 bridgehead atoms. The summed E-state index contributed by atoms with van der Waals surface area (Å²) in [4.78, 5) is 22.3.